The van der Waals surface area contributed by atoms with E-state index in [0.29, 0.717) is 12.0 Å². The SMILES string of the molecule is NC(=O)[C@H](CCCc1ccccc1)NC(=O)c1cc(Br)cc(Br)c1. The third kappa shape index (κ3) is 5.76. The molecule has 0 heterocycles. The van der Waals surface area contributed by atoms with Gasteiger partial charge in [0.05, 0.1) is 0 Å². The van der Waals surface area contributed by atoms with Crippen molar-refractivity contribution in [2.24, 2.45) is 5.73 Å². The fourth-order valence-corrected chi connectivity index (χ4v) is 3.66. The minimum Gasteiger partial charge on any atom is -0.368 e. The summed E-state index contributed by atoms with van der Waals surface area (Å²) in [4.78, 5) is 24.0. The van der Waals surface area contributed by atoms with Gasteiger partial charge in [-0.25, -0.2) is 0 Å². The lowest BCUT2D eigenvalue weighted by atomic mass is 10.0. The molecule has 0 aliphatic rings. The van der Waals surface area contributed by atoms with Gasteiger partial charge in [0.2, 0.25) is 5.91 Å². The molecular formula is C18H18Br2N2O2. The smallest absolute Gasteiger partial charge is 0.252 e. The zero-order valence-corrected chi connectivity index (χ0v) is 16.1. The number of amides is 2. The van der Waals surface area contributed by atoms with Crippen LogP contribution in [-0.4, -0.2) is 17.9 Å². The highest BCUT2D eigenvalue weighted by Crippen LogP contribution is 2.20. The first-order valence-electron chi connectivity index (χ1n) is 7.56. The van der Waals surface area contributed by atoms with Crippen molar-refractivity contribution in [2.75, 3.05) is 0 Å². The standard InChI is InChI=1S/C18H18Br2N2O2/c19-14-9-13(10-15(20)11-14)18(24)22-16(17(21)23)8-4-7-12-5-2-1-3-6-12/h1-3,5-6,9-11,16H,4,7-8H2,(H2,21,23)(H,22,24)/t16-/m0/s1. The maximum Gasteiger partial charge on any atom is 0.252 e. The van der Waals surface area contributed by atoms with E-state index < -0.39 is 11.9 Å². The van der Waals surface area contributed by atoms with Crippen molar-refractivity contribution in [3.05, 3.63) is 68.6 Å². The van der Waals surface area contributed by atoms with Crippen molar-refractivity contribution in [2.45, 2.75) is 25.3 Å². The second-order valence-electron chi connectivity index (χ2n) is 5.46. The lowest BCUT2D eigenvalue weighted by Crippen LogP contribution is -2.44. The minimum atomic E-state index is -0.682. The van der Waals surface area contributed by atoms with Crippen LogP contribution in [-0.2, 0) is 11.2 Å². The summed E-state index contributed by atoms with van der Waals surface area (Å²) in [6.07, 6.45) is 2.11. The fraction of sp³-hybridized carbons (Fsp3) is 0.222. The maximum atomic E-state index is 12.3. The van der Waals surface area contributed by atoms with E-state index >= 15 is 0 Å². The van der Waals surface area contributed by atoms with Gasteiger partial charge in [0.1, 0.15) is 6.04 Å². The topological polar surface area (TPSA) is 72.2 Å². The van der Waals surface area contributed by atoms with Crippen molar-refractivity contribution >= 4 is 43.7 Å². The molecule has 2 aromatic rings. The van der Waals surface area contributed by atoms with Gasteiger partial charge in [0.25, 0.3) is 5.91 Å². The number of carbonyl (C=O) groups excluding carboxylic acids is 2. The predicted octanol–water partition coefficient (Wildman–Crippen LogP) is 3.82. The van der Waals surface area contributed by atoms with E-state index in [1.807, 2.05) is 36.4 Å². The summed E-state index contributed by atoms with van der Waals surface area (Å²) in [6.45, 7) is 0. The molecule has 1 atom stereocenters. The van der Waals surface area contributed by atoms with Crippen LogP contribution in [0.2, 0.25) is 0 Å². The molecule has 2 aromatic carbocycles. The molecule has 0 bridgehead atoms. The van der Waals surface area contributed by atoms with Crippen LogP contribution in [0.1, 0.15) is 28.8 Å². The molecule has 0 radical (unpaired) electrons. The van der Waals surface area contributed by atoms with Crippen molar-refractivity contribution < 1.29 is 9.59 Å². The average molecular weight is 454 g/mol. The normalized spacial score (nSPS) is 11.8. The molecule has 24 heavy (non-hydrogen) atoms. The van der Waals surface area contributed by atoms with Gasteiger partial charge in [0.15, 0.2) is 0 Å². The molecule has 2 rings (SSSR count). The molecule has 126 valence electrons. The molecule has 0 unspecified atom stereocenters. The van der Waals surface area contributed by atoms with Gasteiger partial charge in [-0.3, -0.25) is 9.59 Å². The lowest BCUT2D eigenvalue weighted by molar-refractivity contribution is -0.120. The highest BCUT2D eigenvalue weighted by molar-refractivity contribution is 9.11. The number of halogens is 2. The average Bonchev–Trinajstić information content (AvgIpc) is 2.53. The van der Waals surface area contributed by atoms with Crippen LogP contribution in [0.3, 0.4) is 0 Å². The van der Waals surface area contributed by atoms with Crippen molar-refractivity contribution in [3.63, 3.8) is 0 Å². The van der Waals surface area contributed by atoms with Crippen molar-refractivity contribution in [1.82, 2.24) is 5.32 Å². The van der Waals surface area contributed by atoms with Crippen LogP contribution >= 0.6 is 31.9 Å². The Labute approximate surface area is 158 Å². The summed E-state index contributed by atoms with van der Waals surface area (Å²) in [7, 11) is 0. The number of primary amides is 1. The summed E-state index contributed by atoms with van der Waals surface area (Å²) in [6, 6.07) is 14.5. The summed E-state index contributed by atoms with van der Waals surface area (Å²) >= 11 is 6.69. The number of nitrogens with one attached hydrogen (secondary N) is 1. The van der Waals surface area contributed by atoms with E-state index in [0.717, 1.165) is 21.8 Å². The highest BCUT2D eigenvalue weighted by atomic mass is 79.9. The lowest BCUT2D eigenvalue weighted by Gasteiger charge is -2.16. The molecule has 0 fully saturated rings. The molecule has 0 saturated heterocycles. The minimum absolute atomic E-state index is 0.319. The van der Waals surface area contributed by atoms with E-state index in [1.165, 1.54) is 5.56 Å². The Morgan fingerprint density at radius 2 is 1.67 bits per heavy atom. The van der Waals surface area contributed by atoms with Gasteiger partial charge < -0.3 is 11.1 Å². The summed E-state index contributed by atoms with van der Waals surface area (Å²) < 4.78 is 1.56. The zero-order valence-electron chi connectivity index (χ0n) is 13.0. The second-order valence-corrected chi connectivity index (χ2v) is 7.30. The predicted molar refractivity (Wildman–Crippen MR) is 102 cm³/mol. The first kappa shape index (κ1) is 18.7. The number of nitrogens with two attached hydrogens (primary N) is 1. The molecule has 0 aromatic heterocycles. The Balaban J connectivity index is 1.95. The quantitative estimate of drug-likeness (QED) is 0.668. The third-order valence-corrected chi connectivity index (χ3v) is 4.49. The fourth-order valence-electron chi connectivity index (χ4n) is 2.37. The molecule has 4 nitrogen and oxygen atoms in total. The zero-order chi connectivity index (χ0) is 17.5. The number of benzene rings is 2. The summed E-state index contributed by atoms with van der Waals surface area (Å²) in [5, 5.41) is 2.72. The van der Waals surface area contributed by atoms with Crippen molar-refractivity contribution in [3.8, 4) is 0 Å². The van der Waals surface area contributed by atoms with Crippen LogP contribution in [0, 0.1) is 0 Å². The Bertz CT molecular complexity index is 700. The number of hydrogen-bond donors (Lipinski definition) is 2. The molecule has 0 spiro atoms. The molecule has 0 aliphatic heterocycles. The van der Waals surface area contributed by atoms with Crippen LogP contribution in [0.25, 0.3) is 0 Å². The third-order valence-electron chi connectivity index (χ3n) is 3.57. The largest absolute Gasteiger partial charge is 0.368 e. The van der Waals surface area contributed by atoms with E-state index in [1.54, 1.807) is 12.1 Å². The first-order valence-corrected chi connectivity index (χ1v) is 9.14. The van der Waals surface area contributed by atoms with Crippen LogP contribution in [0.5, 0.6) is 0 Å². The first-order chi connectivity index (χ1) is 11.5. The number of aryl methyl sites for hydroxylation is 1. The summed E-state index contributed by atoms with van der Waals surface area (Å²) in [5.41, 5.74) is 7.09. The Kier molecular flexibility index (Phi) is 6.99. The van der Waals surface area contributed by atoms with E-state index in [9.17, 15) is 9.59 Å². The monoisotopic (exact) mass is 452 g/mol. The molecular weight excluding hydrogens is 436 g/mol. The van der Waals surface area contributed by atoms with E-state index in [-0.39, 0.29) is 5.91 Å². The van der Waals surface area contributed by atoms with Crippen molar-refractivity contribution in [1.29, 1.82) is 0 Å². The Morgan fingerprint density at radius 3 is 2.25 bits per heavy atom. The maximum absolute atomic E-state index is 12.3. The van der Waals surface area contributed by atoms with E-state index in [4.69, 9.17) is 5.73 Å². The van der Waals surface area contributed by atoms with E-state index in [2.05, 4.69) is 37.2 Å². The Morgan fingerprint density at radius 1 is 1.04 bits per heavy atom. The number of carbonyl (C=O) groups is 2. The molecule has 0 saturated carbocycles. The van der Waals surface area contributed by atoms with Gasteiger partial charge in [-0.2, -0.15) is 0 Å². The van der Waals surface area contributed by atoms with Gasteiger partial charge in [-0.15, -0.1) is 0 Å². The van der Waals surface area contributed by atoms with Gasteiger partial charge in [-0.1, -0.05) is 62.2 Å². The van der Waals surface area contributed by atoms with Crippen LogP contribution < -0.4 is 11.1 Å². The number of hydrogen-bond acceptors (Lipinski definition) is 2. The second kappa shape index (κ2) is 8.99. The van der Waals surface area contributed by atoms with Gasteiger partial charge in [-0.05, 0) is 43.0 Å². The molecule has 6 heteroatoms. The molecule has 2 amide bonds. The molecule has 0 aliphatic carbocycles. The number of rotatable bonds is 7. The highest BCUT2D eigenvalue weighted by Gasteiger charge is 2.19. The van der Waals surface area contributed by atoms with Gasteiger partial charge in [0, 0.05) is 14.5 Å². The summed E-state index contributed by atoms with van der Waals surface area (Å²) in [5.74, 6) is -0.842. The van der Waals surface area contributed by atoms with Crippen LogP contribution in [0.4, 0.5) is 0 Å². The van der Waals surface area contributed by atoms with Gasteiger partial charge >= 0.3 is 0 Å². The van der Waals surface area contributed by atoms with Crippen LogP contribution in [0.15, 0.2) is 57.5 Å². The Hall–Kier alpha value is -1.66. The molecule has 3 N–H and O–H groups in total.